The summed E-state index contributed by atoms with van der Waals surface area (Å²) < 4.78 is 40.0. The van der Waals surface area contributed by atoms with Gasteiger partial charge in [-0.1, -0.05) is 12.1 Å². The molecule has 4 amide bonds. The first kappa shape index (κ1) is 22.5. The molecular weight excluding hydrogens is 477 g/mol. The average molecular weight is 498 g/mol. The molecule has 3 fully saturated rings. The number of rotatable bonds is 4. The van der Waals surface area contributed by atoms with Crippen molar-refractivity contribution in [2.75, 3.05) is 19.6 Å². The third kappa shape index (κ3) is 3.86. The van der Waals surface area contributed by atoms with Gasteiger partial charge in [-0.3, -0.25) is 14.9 Å². The summed E-state index contributed by atoms with van der Waals surface area (Å²) in [5.74, 6) is -2.76. The quantitative estimate of drug-likeness (QED) is 0.575. The van der Waals surface area contributed by atoms with E-state index in [1.165, 1.54) is 4.90 Å². The molecule has 186 valence electrons. The van der Waals surface area contributed by atoms with Gasteiger partial charge in [0.2, 0.25) is 5.91 Å². The number of imide groups is 1. The van der Waals surface area contributed by atoms with Crippen molar-refractivity contribution < 1.29 is 27.6 Å². The van der Waals surface area contributed by atoms with Crippen LogP contribution in [0.1, 0.15) is 51.4 Å². The van der Waals surface area contributed by atoms with Crippen LogP contribution in [0.4, 0.5) is 18.0 Å². The van der Waals surface area contributed by atoms with E-state index in [0.29, 0.717) is 16.9 Å². The molecule has 1 aromatic carbocycles. The number of aromatic nitrogens is 3. The number of alkyl halides is 3. The minimum Gasteiger partial charge on any atom is -0.337 e. The SMILES string of the molecule is O=C1NCC(c2cc([C@H]3C[C@@H]3c3cccc(C(=O)N4CC(C(F)(F)F)C4)c3)c3nccn3n2)C(=O)N1. The lowest BCUT2D eigenvalue weighted by Gasteiger charge is -2.40. The first-order valence-electron chi connectivity index (χ1n) is 11.6. The molecule has 1 aliphatic carbocycles. The van der Waals surface area contributed by atoms with E-state index in [-0.39, 0.29) is 31.5 Å². The van der Waals surface area contributed by atoms with Gasteiger partial charge < -0.3 is 10.2 Å². The average Bonchev–Trinajstić information content (AvgIpc) is 3.45. The van der Waals surface area contributed by atoms with Gasteiger partial charge in [0, 0.05) is 43.2 Å². The summed E-state index contributed by atoms with van der Waals surface area (Å²) in [6, 6.07) is 8.34. The summed E-state index contributed by atoms with van der Waals surface area (Å²) in [7, 11) is 0. The molecule has 2 aromatic heterocycles. The van der Waals surface area contributed by atoms with Crippen LogP contribution in [0.15, 0.2) is 42.7 Å². The molecule has 12 heteroatoms. The fourth-order valence-electron chi connectivity index (χ4n) is 5.02. The number of hydrogen-bond acceptors (Lipinski definition) is 5. The molecule has 1 saturated carbocycles. The van der Waals surface area contributed by atoms with Crippen LogP contribution in [0.5, 0.6) is 0 Å². The number of hydrogen-bond donors (Lipinski definition) is 2. The maximum absolute atomic E-state index is 12.8. The van der Waals surface area contributed by atoms with Crippen LogP contribution >= 0.6 is 0 Å². The first-order valence-corrected chi connectivity index (χ1v) is 11.6. The highest BCUT2D eigenvalue weighted by Crippen LogP contribution is 2.55. The van der Waals surface area contributed by atoms with Crippen molar-refractivity contribution >= 4 is 23.5 Å². The Hall–Kier alpha value is -3.96. The number of fused-ring (bicyclic) bond motifs is 1. The van der Waals surface area contributed by atoms with Gasteiger partial charge in [-0.2, -0.15) is 18.3 Å². The van der Waals surface area contributed by atoms with Crippen molar-refractivity contribution in [2.45, 2.75) is 30.4 Å². The number of amides is 4. The highest BCUT2D eigenvalue weighted by molar-refractivity contribution is 6.00. The van der Waals surface area contributed by atoms with Crippen LogP contribution in [0.3, 0.4) is 0 Å². The van der Waals surface area contributed by atoms with E-state index in [2.05, 4.69) is 20.7 Å². The monoisotopic (exact) mass is 498 g/mol. The van der Waals surface area contributed by atoms with E-state index < -0.39 is 35.9 Å². The molecular formula is C24H21F3N6O3. The normalized spacial score (nSPS) is 24.3. The van der Waals surface area contributed by atoms with Crippen molar-refractivity contribution in [3.05, 3.63) is 65.1 Å². The second-order valence-electron chi connectivity index (χ2n) is 9.49. The second-order valence-corrected chi connectivity index (χ2v) is 9.49. The highest BCUT2D eigenvalue weighted by Gasteiger charge is 2.49. The van der Waals surface area contributed by atoms with Crippen LogP contribution in [0.25, 0.3) is 5.65 Å². The van der Waals surface area contributed by atoms with E-state index in [0.717, 1.165) is 17.5 Å². The van der Waals surface area contributed by atoms with E-state index in [9.17, 15) is 27.6 Å². The third-order valence-corrected chi connectivity index (χ3v) is 7.17. The largest absolute Gasteiger partial charge is 0.395 e. The predicted octanol–water partition coefficient (Wildman–Crippen LogP) is 2.56. The van der Waals surface area contributed by atoms with Crippen molar-refractivity contribution in [3.8, 4) is 0 Å². The molecule has 0 spiro atoms. The van der Waals surface area contributed by atoms with Crippen molar-refractivity contribution in [1.29, 1.82) is 0 Å². The van der Waals surface area contributed by atoms with Gasteiger partial charge in [0.25, 0.3) is 5.91 Å². The summed E-state index contributed by atoms with van der Waals surface area (Å²) in [6.07, 6.45) is -0.182. The van der Waals surface area contributed by atoms with Crippen LogP contribution in [-0.2, 0) is 4.79 Å². The zero-order chi connectivity index (χ0) is 25.2. The van der Waals surface area contributed by atoms with Crippen molar-refractivity contribution in [3.63, 3.8) is 0 Å². The smallest absolute Gasteiger partial charge is 0.337 e. The summed E-state index contributed by atoms with van der Waals surface area (Å²) in [6.45, 7) is -0.488. The highest BCUT2D eigenvalue weighted by atomic mass is 19.4. The van der Waals surface area contributed by atoms with E-state index in [1.807, 2.05) is 12.1 Å². The van der Waals surface area contributed by atoms with Gasteiger partial charge in [-0.05, 0) is 42.0 Å². The molecule has 1 unspecified atom stereocenters. The minimum absolute atomic E-state index is 0.0712. The molecule has 4 heterocycles. The van der Waals surface area contributed by atoms with Gasteiger partial charge in [0.05, 0.1) is 17.5 Å². The standard InChI is InChI=1S/C24H21F3N6O3/c25-24(26,27)14-10-32(11-14)22(35)13-3-1-2-12(6-13)15-7-16(15)17-8-19(31-33-5-4-28-20(17)33)18-9-29-23(36)30-21(18)34/h1-6,8,14-16,18H,7,9-11H2,(H2,29,30,34,36)/t15-,16+,18?/m1/s1. The summed E-state index contributed by atoms with van der Waals surface area (Å²) >= 11 is 0. The molecule has 0 bridgehead atoms. The number of carbonyl (C=O) groups excluding carboxylic acids is 3. The zero-order valence-electron chi connectivity index (χ0n) is 18.8. The Morgan fingerprint density at radius 2 is 1.92 bits per heavy atom. The number of carbonyl (C=O) groups is 3. The Kier molecular flexibility index (Phi) is 5.02. The Labute approximate surface area is 202 Å². The minimum atomic E-state index is -4.29. The Balaban J connectivity index is 1.23. The Morgan fingerprint density at radius 1 is 1.11 bits per heavy atom. The van der Waals surface area contributed by atoms with Gasteiger partial charge >= 0.3 is 12.2 Å². The van der Waals surface area contributed by atoms with Crippen LogP contribution in [0.2, 0.25) is 0 Å². The van der Waals surface area contributed by atoms with Gasteiger partial charge in [0.1, 0.15) is 0 Å². The Bertz CT molecular complexity index is 1400. The lowest BCUT2D eigenvalue weighted by atomic mass is 9.96. The lowest BCUT2D eigenvalue weighted by molar-refractivity contribution is -0.202. The number of urea groups is 1. The topological polar surface area (TPSA) is 109 Å². The molecule has 2 N–H and O–H groups in total. The van der Waals surface area contributed by atoms with Crippen molar-refractivity contribution in [2.24, 2.45) is 5.92 Å². The number of nitrogens with zero attached hydrogens (tertiary/aromatic N) is 4. The molecule has 9 nitrogen and oxygen atoms in total. The van der Waals surface area contributed by atoms with E-state index in [1.54, 1.807) is 35.1 Å². The zero-order valence-corrected chi connectivity index (χ0v) is 18.8. The maximum atomic E-state index is 12.8. The number of nitrogens with one attached hydrogen (secondary N) is 2. The fourth-order valence-corrected chi connectivity index (χ4v) is 5.02. The number of imidazole rings is 1. The summed E-state index contributed by atoms with van der Waals surface area (Å²) in [5, 5.41) is 9.39. The second kappa shape index (κ2) is 8.04. The molecule has 36 heavy (non-hydrogen) atoms. The van der Waals surface area contributed by atoms with E-state index in [4.69, 9.17) is 0 Å². The van der Waals surface area contributed by atoms with Crippen LogP contribution < -0.4 is 10.6 Å². The number of benzene rings is 1. The molecule has 3 aliphatic rings. The summed E-state index contributed by atoms with van der Waals surface area (Å²) in [4.78, 5) is 42.2. The molecule has 3 atom stereocenters. The summed E-state index contributed by atoms with van der Waals surface area (Å²) in [5.41, 5.74) is 3.38. The maximum Gasteiger partial charge on any atom is 0.395 e. The van der Waals surface area contributed by atoms with Crippen LogP contribution in [-0.4, -0.2) is 63.2 Å². The van der Waals surface area contributed by atoms with Crippen molar-refractivity contribution in [1.82, 2.24) is 30.1 Å². The molecule has 0 radical (unpaired) electrons. The molecule has 6 rings (SSSR count). The van der Waals surface area contributed by atoms with Crippen LogP contribution in [0, 0.1) is 5.92 Å². The number of halogens is 3. The van der Waals surface area contributed by atoms with Gasteiger partial charge in [-0.15, -0.1) is 0 Å². The van der Waals surface area contributed by atoms with Gasteiger partial charge in [-0.25, -0.2) is 14.3 Å². The third-order valence-electron chi connectivity index (χ3n) is 7.17. The Morgan fingerprint density at radius 3 is 2.67 bits per heavy atom. The molecule has 2 saturated heterocycles. The molecule has 3 aromatic rings. The first-order chi connectivity index (χ1) is 17.2. The van der Waals surface area contributed by atoms with E-state index >= 15 is 0 Å². The number of likely N-dealkylation sites (tertiary alicyclic amines) is 1. The molecule has 2 aliphatic heterocycles. The lowest BCUT2D eigenvalue weighted by Crippen LogP contribution is -2.55. The predicted molar refractivity (Wildman–Crippen MR) is 119 cm³/mol. The van der Waals surface area contributed by atoms with Gasteiger partial charge in [0.15, 0.2) is 5.65 Å². The fraction of sp³-hybridized carbons (Fsp3) is 0.375.